The van der Waals surface area contributed by atoms with Crippen LogP contribution in [0.15, 0.2) is 198 Å². The van der Waals surface area contributed by atoms with Crippen LogP contribution in [0.3, 0.4) is 0 Å². The summed E-state index contributed by atoms with van der Waals surface area (Å²) in [7, 11) is -1.14. The van der Waals surface area contributed by atoms with Crippen LogP contribution in [0.4, 0.5) is 0 Å². The molecular formula is C51H36N4OS. The summed E-state index contributed by atoms with van der Waals surface area (Å²) >= 11 is 0. The second kappa shape index (κ2) is 13.3. The molecule has 0 bridgehead atoms. The first kappa shape index (κ1) is 33.3. The maximum absolute atomic E-state index is 13.0. The third-order valence-corrected chi connectivity index (χ3v) is 12.3. The zero-order valence-electron chi connectivity index (χ0n) is 31.1. The maximum Gasteiger partial charge on any atom is 0.147 e. The van der Waals surface area contributed by atoms with Gasteiger partial charge < -0.3 is 9.88 Å². The Morgan fingerprint density at radius 3 is 1.93 bits per heavy atom. The largest absolute Gasteiger partial charge is 0.359 e. The van der Waals surface area contributed by atoms with Gasteiger partial charge in [0.1, 0.15) is 12.0 Å². The Kier molecular flexibility index (Phi) is 7.79. The van der Waals surface area contributed by atoms with E-state index in [1.165, 1.54) is 26.9 Å². The average Bonchev–Trinajstić information content (AvgIpc) is 3.80. The fraction of sp³-hybridized carbons (Fsp3) is 0.0392. The van der Waals surface area contributed by atoms with Gasteiger partial charge in [0.05, 0.1) is 32.9 Å². The van der Waals surface area contributed by atoms with E-state index in [1.807, 2.05) is 24.3 Å². The Bertz CT molecular complexity index is 3290. The van der Waals surface area contributed by atoms with E-state index in [0.29, 0.717) is 0 Å². The highest BCUT2D eigenvalue weighted by atomic mass is 32.2. The lowest BCUT2D eigenvalue weighted by atomic mass is 9.97. The Morgan fingerprint density at radius 1 is 0.544 bits per heavy atom. The van der Waals surface area contributed by atoms with Gasteiger partial charge in [-0.05, 0) is 76.2 Å². The number of hydrogen-bond acceptors (Lipinski definition) is 3. The van der Waals surface area contributed by atoms with Crippen molar-refractivity contribution in [3.8, 4) is 16.8 Å². The predicted octanol–water partition coefficient (Wildman–Crippen LogP) is 12.0. The SMILES string of the molecule is CS(=O)c1ccccc1-c1ccc2c(c1)c1c3c(ccc4c3c3ccccc3n4C3=NC(c4ccccc4)NC(c4ccccc4)=C3)ccc1n2-c1ccccc1. The lowest BCUT2D eigenvalue weighted by molar-refractivity contribution is 0.660. The molecule has 57 heavy (non-hydrogen) atoms. The summed E-state index contributed by atoms with van der Waals surface area (Å²) in [5.74, 6) is 0.873. The molecule has 0 aliphatic carbocycles. The molecule has 272 valence electrons. The molecule has 0 fully saturated rings. The number of nitrogens with one attached hydrogen (secondary N) is 1. The highest BCUT2D eigenvalue weighted by Crippen LogP contribution is 2.44. The topological polar surface area (TPSA) is 51.3 Å². The number of para-hydroxylation sites is 2. The van der Waals surface area contributed by atoms with Crippen LogP contribution in [0.5, 0.6) is 0 Å². The molecule has 0 amide bonds. The molecular weight excluding hydrogens is 717 g/mol. The minimum absolute atomic E-state index is 0.271. The molecule has 2 atom stereocenters. The van der Waals surface area contributed by atoms with Crippen LogP contribution in [0.25, 0.3) is 76.9 Å². The van der Waals surface area contributed by atoms with Gasteiger partial charge in [0.15, 0.2) is 0 Å². The first-order chi connectivity index (χ1) is 28.1. The molecule has 8 aromatic carbocycles. The van der Waals surface area contributed by atoms with Gasteiger partial charge in [-0.25, -0.2) is 4.99 Å². The zero-order chi connectivity index (χ0) is 38.0. The zero-order valence-corrected chi connectivity index (χ0v) is 31.9. The third kappa shape index (κ3) is 5.36. The minimum atomic E-state index is -1.14. The van der Waals surface area contributed by atoms with Gasteiger partial charge in [0.25, 0.3) is 0 Å². The molecule has 6 heteroatoms. The molecule has 0 saturated heterocycles. The average molecular weight is 753 g/mol. The van der Waals surface area contributed by atoms with Gasteiger partial charge in [0.2, 0.25) is 0 Å². The van der Waals surface area contributed by atoms with Crippen molar-refractivity contribution in [2.75, 3.05) is 6.26 Å². The van der Waals surface area contributed by atoms with Crippen molar-refractivity contribution in [3.05, 3.63) is 199 Å². The number of fused-ring (bicyclic) bond motifs is 9. The van der Waals surface area contributed by atoms with Gasteiger partial charge >= 0.3 is 0 Å². The number of allylic oxidation sites excluding steroid dienone is 1. The fourth-order valence-electron chi connectivity index (χ4n) is 8.83. The van der Waals surface area contributed by atoms with Crippen molar-refractivity contribution >= 4 is 76.7 Å². The predicted molar refractivity (Wildman–Crippen MR) is 239 cm³/mol. The standard InChI is InChI=1S/C51H36N4OS/c1-57(56)46-24-14-12-21-38(46)36-27-28-43-40(31-36)50-44(54(43)37-19-9-4-10-20-37)29-25-34-26-30-45-49(48(34)50)39-22-11-13-23-42(39)55(45)47-32-41(33-15-5-2-6-16-33)52-51(53-47)35-17-7-3-8-18-35/h2-32,51-52H,1H3. The molecule has 0 saturated carbocycles. The van der Waals surface area contributed by atoms with E-state index in [0.717, 1.165) is 71.8 Å². The van der Waals surface area contributed by atoms with E-state index >= 15 is 0 Å². The highest BCUT2D eigenvalue weighted by Gasteiger charge is 2.25. The molecule has 3 heterocycles. The fourth-order valence-corrected chi connectivity index (χ4v) is 9.60. The summed E-state index contributed by atoms with van der Waals surface area (Å²) in [4.78, 5) is 6.27. The van der Waals surface area contributed by atoms with Gasteiger partial charge in [-0.15, -0.1) is 0 Å². The minimum Gasteiger partial charge on any atom is -0.359 e. The molecule has 10 aromatic rings. The number of rotatable bonds is 5. The summed E-state index contributed by atoms with van der Waals surface area (Å²) in [5, 5.41) is 10.8. The van der Waals surface area contributed by atoms with Crippen molar-refractivity contribution in [1.29, 1.82) is 0 Å². The van der Waals surface area contributed by atoms with E-state index in [9.17, 15) is 4.21 Å². The Morgan fingerprint density at radius 2 is 1.16 bits per heavy atom. The molecule has 1 aliphatic heterocycles. The Labute approximate surface area is 332 Å². The van der Waals surface area contributed by atoms with Crippen LogP contribution >= 0.6 is 0 Å². The van der Waals surface area contributed by atoms with Crippen molar-refractivity contribution < 1.29 is 4.21 Å². The molecule has 0 radical (unpaired) electrons. The van der Waals surface area contributed by atoms with Crippen molar-refractivity contribution in [2.24, 2.45) is 4.99 Å². The maximum atomic E-state index is 13.0. The lowest BCUT2D eigenvalue weighted by Gasteiger charge is -2.25. The van der Waals surface area contributed by atoms with Crippen LogP contribution < -0.4 is 5.32 Å². The second-order valence-corrected chi connectivity index (χ2v) is 15.9. The van der Waals surface area contributed by atoms with Gasteiger partial charge in [0, 0.05) is 55.5 Å². The molecule has 2 unspecified atom stereocenters. The third-order valence-electron chi connectivity index (χ3n) is 11.3. The lowest BCUT2D eigenvalue weighted by Crippen LogP contribution is -2.27. The van der Waals surface area contributed by atoms with Crippen LogP contribution in [-0.4, -0.2) is 25.4 Å². The van der Waals surface area contributed by atoms with Gasteiger partial charge in [-0.1, -0.05) is 133 Å². The molecule has 2 aromatic heterocycles. The Hall–Kier alpha value is -7.02. The quantitative estimate of drug-likeness (QED) is 0.190. The van der Waals surface area contributed by atoms with Crippen molar-refractivity contribution in [2.45, 2.75) is 11.1 Å². The summed E-state index contributed by atoms with van der Waals surface area (Å²) in [6.07, 6.45) is 3.67. The number of nitrogens with zero attached hydrogens (tertiary/aromatic N) is 3. The molecule has 11 rings (SSSR count). The van der Waals surface area contributed by atoms with E-state index in [4.69, 9.17) is 4.99 Å². The summed E-state index contributed by atoms with van der Waals surface area (Å²) < 4.78 is 17.7. The van der Waals surface area contributed by atoms with E-state index in [2.05, 4.69) is 178 Å². The van der Waals surface area contributed by atoms with Crippen LogP contribution in [0, 0.1) is 0 Å². The number of benzene rings is 8. The Balaban J connectivity index is 1.26. The highest BCUT2D eigenvalue weighted by molar-refractivity contribution is 7.84. The van der Waals surface area contributed by atoms with Crippen LogP contribution in [0.2, 0.25) is 0 Å². The van der Waals surface area contributed by atoms with E-state index < -0.39 is 10.8 Å². The molecule has 5 nitrogen and oxygen atoms in total. The smallest absolute Gasteiger partial charge is 0.147 e. The molecule has 0 spiro atoms. The number of aromatic nitrogens is 2. The molecule has 1 aliphatic rings. The van der Waals surface area contributed by atoms with Crippen molar-refractivity contribution in [3.63, 3.8) is 0 Å². The monoisotopic (exact) mass is 752 g/mol. The molecule has 1 N–H and O–H groups in total. The van der Waals surface area contributed by atoms with Gasteiger partial charge in [-0.3, -0.25) is 8.78 Å². The summed E-state index contributed by atoms with van der Waals surface area (Å²) in [6, 6.07) is 64.1. The van der Waals surface area contributed by atoms with Crippen LogP contribution in [-0.2, 0) is 10.8 Å². The van der Waals surface area contributed by atoms with E-state index in [1.54, 1.807) is 6.26 Å². The second-order valence-electron chi connectivity index (χ2n) is 14.6. The number of hydrogen-bond donors (Lipinski definition) is 1. The normalized spacial score (nSPS) is 14.9. The first-order valence-corrected chi connectivity index (χ1v) is 20.8. The summed E-state index contributed by atoms with van der Waals surface area (Å²) in [6.45, 7) is 0. The number of aliphatic imine (C=N–C) groups is 1. The van der Waals surface area contributed by atoms with E-state index in [-0.39, 0.29) is 6.17 Å². The van der Waals surface area contributed by atoms with Crippen LogP contribution in [0.1, 0.15) is 17.3 Å². The first-order valence-electron chi connectivity index (χ1n) is 19.2. The summed E-state index contributed by atoms with van der Waals surface area (Å²) in [5.41, 5.74) is 10.8. The van der Waals surface area contributed by atoms with Gasteiger partial charge in [-0.2, -0.15) is 0 Å². The van der Waals surface area contributed by atoms with Crippen molar-refractivity contribution in [1.82, 2.24) is 14.5 Å².